The van der Waals surface area contributed by atoms with Crippen LogP contribution in [0.3, 0.4) is 0 Å². The number of amides is 2. The molecule has 0 aliphatic carbocycles. The van der Waals surface area contributed by atoms with E-state index in [1.165, 1.54) is 6.92 Å². The van der Waals surface area contributed by atoms with Crippen LogP contribution in [0.4, 0.5) is 0 Å². The first kappa shape index (κ1) is 18.7. The summed E-state index contributed by atoms with van der Waals surface area (Å²) in [6.45, 7) is 9.95. The first-order valence-corrected chi connectivity index (χ1v) is 8.24. The number of hydrogen-bond donors (Lipinski definition) is 0. The number of carbonyl (C=O) groups excluding carboxylic acids is 3. The minimum Gasteiger partial charge on any atom is -0.334 e. The summed E-state index contributed by atoms with van der Waals surface area (Å²) < 4.78 is 0. The van der Waals surface area contributed by atoms with Crippen molar-refractivity contribution in [2.75, 3.05) is 13.6 Å². The van der Waals surface area contributed by atoms with Crippen molar-refractivity contribution in [3.8, 4) is 0 Å². The largest absolute Gasteiger partial charge is 0.334 e. The fourth-order valence-electron chi connectivity index (χ4n) is 3.05. The smallest absolute Gasteiger partial charge is 0.245 e. The number of carbonyl (C=O) groups is 3. The molecule has 1 saturated heterocycles. The average Bonchev–Trinajstić information content (AvgIpc) is 2.90. The Kier molecular flexibility index (Phi) is 6.57. The molecular weight excluding hydrogens is 280 g/mol. The van der Waals surface area contributed by atoms with Gasteiger partial charge in [0.05, 0.1) is 6.04 Å². The number of likely N-dealkylation sites (N-methyl/N-ethyl adjacent to an activating group) is 1. The lowest BCUT2D eigenvalue weighted by Gasteiger charge is -2.33. The number of nitrogens with zero attached hydrogens (tertiary/aromatic N) is 2. The SMILES string of the molecule is CC(=O)[C@@H](CC(C)C)N(C)C(=O)[C@@H]1CCCN1C(=O)C(C)C. The van der Waals surface area contributed by atoms with Crippen LogP contribution in [0, 0.1) is 11.8 Å². The maximum absolute atomic E-state index is 12.8. The quantitative estimate of drug-likeness (QED) is 0.755. The van der Waals surface area contributed by atoms with Crippen molar-refractivity contribution in [3.05, 3.63) is 0 Å². The Morgan fingerprint density at radius 1 is 1.18 bits per heavy atom. The highest BCUT2D eigenvalue weighted by Crippen LogP contribution is 2.23. The lowest BCUT2D eigenvalue weighted by atomic mass is 9.99. The molecule has 22 heavy (non-hydrogen) atoms. The molecule has 2 atom stereocenters. The first-order valence-electron chi connectivity index (χ1n) is 8.24. The summed E-state index contributed by atoms with van der Waals surface area (Å²) in [6.07, 6.45) is 2.19. The highest BCUT2D eigenvalue weighted by molar-refractivity contribution is 5.92. The van der Waals surface area contributed by atoms with Gasteiger partial charge in [-0.3, -0.25) is 14.4 Å². The summed E-state index contributed by atoms with van der Waals surface area (Å²) in [5.74, 6) is 0.142. The van der Waals surface area contributed by atoms with E-state index in [-0.39, 0.29) is 23.5 Å². The minimum absolute atomic E-state index is 0.00397. The van der Waals surface area contributed by atoms with Crippen LogP contribution in [0.5, 0.6) is 0 Å². The molecule has 2 amide bonds. The van der Waals surface area contributed by atoms with E-state index in [1.807, 2.05) is 27.7 Å². The number of Topliss-reactive ketones (excluding diaryl/α,β-unsaturated/α-hetero) is 1. The molecule has 0 aromatic carbocycles. The standard InChI is InChI=1S/C17H30N2O3/c1-11(2)10-15(13(5)20)18(6)17(22)14-8-7-9-19(14)16(21)12(3)4/h11-12,14-15H,7-10H2,1-6H3/t14-,15+/m0/s1. The number of rotatable bonds is 6. The second-order valence-electron chi connectivity index (χ2n) is 7.05. The van der Waals surface area contributed by atoms with Gasteiger partial charge in [-0.25, -0.2) is 0 Å². The molecule has 0 unspecified atom stereocenters. The zero-order chi connectivity index (χ0) is 17.0. The van der Waals surface area contributed by atoms with E-state index in [0.29, 0.717) is 25.3 Å². The van der Waals surface area contributed by atoms with Crippen molar-refractivity contribution in [2.45, 2.75) is 66.0 Å². The van der Waals surface area contributed by atoms with E-state index < -0.39 is 12.1 Å². The normalized spacial score (nSPS) is 19.6. The molecule has 1 aliphatic heterocycles. The Labute approximate surface area is 134 Å². The van der Waals surface area contributed by atoms with Crippen LogP contribution < -0.4 is 0 Å². The van der Waals surface area contributed by atoms with Gasteiger partial charge in [0.25, 0.3) is 0 Å². The molecule has 0 N–H and O–H groups in total. The third kappa shape index (κ3) is 4.31. The van der Waals surface area contributed by atoms with Crippen LogP contribution in [0.2, 0.25) is 0 Å². The molecular formula is C17H30N2O3. The van der Waals surface area contributed by atoms with E-state index >= 15 is 0 Å². The maximum Gasteiger partial charge on any atom is 0.245 e. The van der Waals surface area contributed by atoms with E-state index in [1.54, 1.807) is 16.8 Å². The second kappa shape index (κ2) is 7.75. The van der Waals surface area contributed by atoms with Crippen molar-refractivity contribution in [1.29, 1.82) is 0 Å². The molecule has 0 aromatic heterocycles. The molecule has 0 radical (unpaired) electrons. The predicted molar refractivity (Wildman–Crippen MR) is 86.3 cm³/mol. The first-order chi connectivity index (χ1) is 10.2. The second-order valence-corrected chi connectivity index (χ2v) is 7.05. The molecule has 5 heteroatoms. The van der Waals surface area contributed by atoms with Gasteiger partial charge in [-0.1, -0.05) is 27.7 Å². The molecule has 1 aliphatic rings. The Bertz CT molecular complexity index is 432. The van der Waals surface area contributed by atoms with E-state index in [9.17, 15) is 14.4 Å². The Hall–Kier alpha value is -1.39. The highest BCUT2D eigenvalue weighted by Gasteiger charge is 2.38. The van der Waals surface area contributed by atoms with Crippen LogP contribution in [0.25, 0.3) is 0 Å². The molecule has 5 nitrogen and oxygen atoms in total. The van der Waals surface area contributed by atoms with Gasteiger partial charge in [0.2, 0.25) is 11.8 Å². The van der Waals surface area contributed by atoms with Crippen molar-refractivity contribution in [1.82, 2.24) is 9.80 Å². The minimum atomic E-state index is -0.408. The molecule has 126 valence electrons. The average molecular weight is 310 g/mol. The van der Waals surface area contributed by atoms with Gasteiger partial charge in [0.15, 0.2) is 5.78 Å². The molecule has 0 bridgehead atoms. The Morgan fingerprint density at radius 2 is 1.77 bits per heavy atom. The van der Waals surface area contributed by atoms with Crippen molar-refractivity contribution < 1.29 is 14.4 Å². The molecule has 1 rings (SSSR count). The number of likely N-dealkylation sites (tertiary alicyclic amines) is 1. The fraction of sp³-hybridized carbons (Fsp3) is 0.824. The summed E-state index contributed by atoms with van der Waals surface area (Å²) in [4.78, 5) is 40.2. The fourth-order valence-corrected chi connectivity index (χ4v) is 3.05. The van der Waals surface area contributed by atoms with Crippen LogP contribution in [0.15, 0.2) is 0 Å². The Balaban J connectivity index is 2.88. The van der Waals surface area contributed by atoms with Crippen LogP contribution in [0.1, 0.15) is 53.9 Å². The van der Waals surface area contributed by atoms with Gasteiger partial charge in [0, 0.05) is 19.5 Å². The summed E-state index contributed by atoms with van der Waals surface area (Å²) in [5, 5.41) is 0. The maximum atomic E-state index is 12.8. The number of ketones is 1. The summed E-state index contributed by atoms with van der Waals surface area (Å²) in [7, 11) is 1.69. The molecule has 0 aromatic rings. The van der Waals surface area contributed by atoms with Crippen LogP contribution in [-0.4, -0.2) is 53.1 Å². The van der Waals surface area contributed by atoms with E-state index in [4.69, 9.17) is 0 Å². The van der Waals surface area contributed by atoms with Gasteiger partial charge in [0.1, 0.15) is 6.04 Å². The zero-order valence-electron chi connectivity index (χ0n) is 14.8. The van der Waals surface area contributed by atoms with Gasteiger partial charge < -0.3 is 9.80 Å². The third-order valence-corrected chi connectivity index (χ3v) is 4.29. The van der Waals surface area contributed by atoms with Crippen LogP contribution >= 0.6 is 0 Å². The van der Waals surface area contributed by atoms with E-state index in [0.717, 1.165) is 6.42 Å². The lowest BCUT2D eigenvalue weighted by molar-refractivity contribution is -0.147. The molecule has 0 spiro atoms. The van der Waals surface area contributed by atoms with Gasteiger partial charge in [-0.15, -0.1) is 0 Å². The van der Waals surface area contributed by atoms with Gasteiger partial charge >= 0.3 is 0 Å². The van der Waals surface area contributed by atoms with Gasteiger partial charge in [-0.2, -0.15) is 0 Å². The monoisotopic (exact) mass is 310 g/mol. The molecule has 1 heterocycles. The molecule has 0 saturated carbocycles. The van der Waals surface area contributed by atoms with Gasteiger partial charge in [-0.05, 0) is 32.1 Å². The van der Waals surface area contributed by atoms with Crippen molar-refractivity contribution >= 4 is 17.6 Å². The third-order valence-electron chi connectivity index (χ3n) is 4.29. The van der Waals surface area contributed by atoms with E-state index in [2.05, 4.69) is 0 Å². The van der Waals surface area contributed by atoms with Crippen LogP contribution in [-0.2, 0) is 14.4 Å². The Morgan fingerprint density at radius 3 is 2.23 bits per heavy atom. The topological polar surface area (TPSA) is 57.7 Å². The predicted octanol–water partition coefficient (Wildman–Crippen LogP) is 2.10. The zero-order valence-corrected chi connectivity index (χ0v) is 14.8. The summed E-state index contributed by atoms with van der Waals surface area (Å²) in [5.41, 5.74) is 0. The molecule has 1 fully saturated rings. The highest BCUT2D eigenvalue weighted by atomic mass is 16.2. The summed E-state index contributed by atoms with van der Waals surface area (Å²) >= 11 is 0. The summed E-state index contributed by atoms with van der Waals surface area (Å²) in [6, 6.07) is -0.807. The number of hydrogen-bond acceptors (Lipinski definition) is 3. The lowest BCUT2D eigenvalue weighted by Crippen LogP contribution is -2.52. The van der Waals surface area contributed by atoms with Crippen molar-refractivity contribution in [2.24, 2.45) is 11.8 Å². The van der Waals surface area contributed by atoms with Crippen molar-refractivity contribution in [3.63, 3.8) is 0 Å².